The second-order valence-corrected chi connectivity index (χ2v) is 1.71. The summed E-state index contributed by atoms with van der Waals surface area (Å²) in [5.74, 6) is 0. The van der Waals surface area contributed by atoms with Crippen LogP contribution in [0.4, 0.5) is 0 Å². The van der Waals surface area contributed by atoms with Crippen molar-refractivity contribution in [2.45, 2.75) is 13.3 Å². The van der Waals surface area contributed by atoms with E-state index in [1.54, 1.807) is 0 Å². The minimum absolute atomic E-state index is 0.741. The number of nitrogens with two attached hydrogens (primary N) is 1. The summed E-state index contributed by atoms with van der Waals surface area (Å²) in [6, 6.07) is 0. The van der Waals surface area contributed by atoms with Crippen molar-refractivity contribution < 1.29 is 0 Å². The number of rotatable bonds is 5. The fourth-order valence-corrected chi connectivity index (χ4v) is 0.405. The quantitative estimate of drug-likeness (QED) is 0.361. The molecule has 3 nitrogen and oxygen atoms in total. The molecule has 0 unspecified atom stereocenters. The molecule has 0 rings (SSSR count). The van der Waals surface area contributed by atoms with Crippen molar-refractivity contribution in [1.82, 2.24) is 10.9 Å². The van der Waals surface area contributed by atoms with Crippen LogP contribution >= 0.6 is 0 Å². The standard InChI is InChI=1S/C6H15N3/c1-2-5-8-9-6-3-4-7/h2,5,8-9H,3-4,6-7H2,1H3. The minimum atomic E-state index is 0.741. The number of hydrogen-bond acceptors (Lipinski definition) is 3. The lowest BCUT2D eigenvalue weighted by Gasteiger charge is -2.00. The molecule has 0 aliphatic rings. The number of allylic oxidation sites excluding steroid dienone is 1. The average Bonchev–Trinajstić information content (AvgIpc) is 1.89. The molecule has 0 fully saturated rings. The average molecular weight is 129 g/mol. The molecule has 0 saturated carbocycles. The Kier molecular flexibility index (Phi) is 7.01. The molecule has 3 heteroatoms. The van der Waals surface area contributed by atoms with Gasteiger partial charge in [-0.3, -0.25) is 0 Å². The Morgan fingerprint density at radius 1 is 1.56 bits per heavy atom. The van der Waals surface area contributed by atoms with Crippen molar-refractivity contribution in [2.75, 3.05) is 13.1 Å². The lowest BCUT2D eigenvalue weighted by molar-refractivity contribution is 0.603. The first-order chi connectivity index (χ1) is 4.41. The topological polar surface area (TPSA) is 50.1 Å². The first-order valence-corrected chi connectivity index (χ1v) is 3.21. The van der Waals surface area contributed by atoms with Crippen LogP contribution in [0.5, 0.6) is 0 Å². The summed E-state index contributed by atoms with van der Waals surface area (Å²) < 4.78 is 0. The van der Waals surface area contributed by atoms with E-state index in [1.165, 1.54) is 0 Å². The number of hydrogen-bond donors (Lipinski definition) is 3. The number of hydrazine groups is 1. The molecule has 0 spiro atoms. The summed E-state index contributed by atoms with van der Waals surface area (Å²) in [5.41, 5.74) is 11.1. The lowest BCUT2D eigenvalue weighted by Crippen LogP contribution is -2.28. The molecular weight excluding hydrogens is 114 g/mol. The first kappa shape index (κ1) is 8.46. The third-order valence-corrected chi connectivity index (χ3v) is 0.858. The van der Waals surface area contributed by atoms with Crippen molar-refractivity contribution in [3.8, 4) is 0 Å². The fraction of sp³-hybridized carbons (Fsp3) is 0.667. The summed E-state index contributed by atoms with van der Waals surface area (Å²) >= 11 is 0. The highest BCUT2D eigenvalue weighted by atomic mass is 15.3. The smallest absolute Gasteiger partial charge is 0.0159 e. The number of nitrogens with one attached hydrogen (secondary N) is 2. The Bertz CT molecular complexity index is 70.7. The predicted octanol–water partition coefficient (Wildman–Crippen LogP) is -0.0370. The molecule has 0 bridgehead atoms. The van der Waals surface area contributed by atoms with Gasteiger partial charge in [-0.15, -0.1) is 0 Å². The van der Waals surface area contributed by atoms with Gasteiger partial charge in [0.2, 0.25) is 0 Å². The molecule has 0 aromatic carbocycles. The first-order valence-electron chi connectivity index (χ1n) is 3.21. The van der Waals surface area contributed by atoms with Crippen LogP contribution in [0.2, 0.25) is 0 Å². The molecule has 9 heavy (non-hydrogen) atoms. The molecule has 0 aromatic heterocycles. The van der Waals surface area contributed by atoms with Crippen LogP contribution in [0.15, 0.2) is 12.3 Å². The molecule has 0 aromatic rings. The highest BCUT2D eigenvalue weighted by Crippen LogP contribution is 1.65. The van der Waals surface area contributed by atoms with Gasteiger partial charge in [-0.05, 0) is 19.9 Å². The molecule has 0 heterocycles. The summed E-state index contributed by atoms with van der Waals surface area (Å²) in [6.07, 6.45) is 4.77. The molecule has 0 aliphatic heterocycles. The second-order valence-electron chi connectivity index (χ2n) is 1.71. The summed E-state index contributed by atoms with van der Waals surface area (Å²) in [4.78, 5) is 0. The van der Waals surface area contributed by atoms with Crippen LogP contribution in [0, 0.1) is 0 Å². The second kappa shape index (κ2) is 7.46. The van der Waals surface area contributed by atoms with Gasteiger partial charge >= 0.3 is 0 Å². The van der Waals surface area contributed by atoms with E-state index in [1.807, 2.05) is 19.2 Å². The van der Waals surface area contributed by atoms with Crippen LogP contribution in [-0.2, 0) is 0 Å². The van der Waals surface area contributed by atoms with Crippen molar-refractivity contribution in [3.63, 3.8) is 0 Å². The van der Waals surface area contributed by atoms with Crippen LogP contribution in [0.1, 0.15) is 13.3 Å². The Balaban J connectivity index is 2.75. The lowest BCUT2D eigenvalue weighted by atomic mass is 10.4. The molecule has 0 atom stereocenters. The molecule has 0 radical (unpaired) electrons. The van der Waals surface area contributed by atoms with Gasteiger partial charge in [0.15, 0.2) is 0 Å². The van der Waals surface area contributed by atoms with Gasteiger partial charge in [-0.25, -0.2) is 5.43 Å². The van der Waals surface area contributed by atoms with Crippen molar-refractivity contribution in [1.29, 1.82) is 0 Å². The van der Waals surface area contributed by atoms with Gasteiger partial charge in [0, 0.05) is 12.7 Å². The highest BCUT2D eigenvalue weighted by Gasteiger charge is 1.77. The zero-order chi connectivity index (χ0) is 6.95. The Morgan fingerprint density at radius 3 is 2.89 bits per heavy atom. The Morgan fingerprint density at radius 2 is 2.33 bits per heavy atom. The monoisotopic (exact) mass is 129 g/mol. The van der Waals surface area contributed by atoms with Crippen LogP contribution < -0.4 is 16.6 Å². The van der Waals surface area contributed by atoms with Crippen LogP contribution in [-0.4, -0.2) is 13.1 Å². The van der Waals surface area contributed by atoms with Crippen LogP contribution in [0.3, 0.4) is 0 Å². The van der Waals surface area contributed by atoms with Gasteiger partial charge in [-0.1, -0.05) is 6.08 Å². The molecule has 4 N–H and O–H groups in total. The van der Waals surface area contributed by atoms with Gasteiger partial charge in [0.1, 0.15) is 0 Å². The van der Waals surface area contributed by atoms with E-state index in [-0.39, 0.29) is 0 Å². The van der Waals surface area contributed by atoms with Gasteiger partial charge in [0.05, 0.1) is 0 Å². The van der Waals surface area contributed by atoms with E-state index >= 15 is 0 Å². The maximum Gasteiger partial charge on any atom is 0.0159 e. The van der Waals surface area contributed by atoms with E-state index in [0.29, 0.717) is 0 Å². The van der Waals surface area contributed by atoms with Crippen molar-refractivity contribution >= 4 is 0 Å². The molecular formula is C6H15N3. The van der Waals surface area contributed by atoms with E-state index in [4.69, 9.17) is 5.73 Å². The zero-order valence-corrected chi connectivity index (χ0v) is 5.85. The van der Waals surface area contributed by atoms with Crippen LogP contribution in [0.25, 0.3) is 0 Å². The molecule has 54 valence electrons. The van der Waals surface area contributed by atoms with E-state index in [9.17, 15) is 0 Å². The summed E-state index contributed by atoms with van der Waals surface area (Å²) in [5, 5.41) is 0. The largest absolute Gasteiger partial charge is 0.330 e. The maximum absolute atomic E-state index is 5.26. The van der Waals surface area contributed by atoms with Gasteiger partial charge in [-0.2, -0.15) is 0 Å². The summed E-state index contributed by atoms with van der Waals surface area (Å²) in [6.45, 7) is 3.61. The van der Waals surface area contributed by atoms with Gasteiger partial charge < -0.3 is 11.2 Å². The Hall–Kier alpha value is -0.540. The molecule has 0 amide bonds. The molecule has 0 saturated heterocycles. The fourth-order valence-electron chi connectivity index (χ4n) is 0.405. The maximum atomic E-state index is 5.26. The zero-order valence-electron chi connectivity index (χ0n) is 5.85. The molecule has 0 aliphatic carbocycles. The summed E-state index contributed by atoms with van der Waals surface area (Å²) in [7, 11) is 0. The van der Waals surface area contributed by atoms with E-state index in [2.05, 4.69) is 10.9 Å². The highest BCUT2D eigenvalue weighted by molar-refractivity contribution is 4.71. The van der Waals surface area contributed by atoms with E-state index in [0.717, 1.165) is 19.5 Å². The predicted molar refractivity (Wildman–Crippen MR) is 39.6 cm³/mol. The van der Waals surface area contributed by atoms with Gasteiger partial charge in [0.25, 0.3) is 0 Å². The van der Waals surface area contributed by atoms with E-state index < -0.39 is 0 Å². The van der Waals surface area contributed by atoms with Crippen molar-refractivity contribution in [3.05, 3.63) is 12.3 Å². The third kappa shape index (κ3) is 7.46. The normalized spacial score (nSPS) is 10.4. The Labute approximate surface area is 56.3 Å². The SMILES string of the molecule is CC=CNNCCCN. The van der Waals surface area contributed by atoms with Crippen molar-refractivity contribution in [2.24, 2.45) is 5.73 Å². The minimum Gasteiger partial charge on any atom is -0.330 e. The third-order valence-electron chi connectivity index (χ3n) is 0.858.